The van der Waals surface area contributed by atoms with E-state index in [0.29, 0.717) is 23.4 Å². The zero-order valence-electron chi connectivity index (χ0n) is 12.6. The lowest BCUT2D eigenvalue weighted by Gasteiger charge is -2.31. The molecule has 1 unspecified atom stereocenters. The molecule has 1 atom stereocenters. The molecule has 1 aliphatic heterocycles. The third kappa shape index (κ3) is 3.47. The van der Waals surface area contributed by atoms with Gasteiger partial charge in [-0.2, -0.15) is 0 Å². The maximum Gasteiger partial charge on any atom is 0.267 e. The van der Waals surface area contributed by atoms with Gasteiger partial charge in [-0.3, -0.25) is 9.78 Å². The van der Waals surface area contributed by atoms with E-state index >= 15 is 0 Å². The summed E-state index contributed by atoms with van der Waals surface area (Å²) < 4.78 is 5.63. The van der Waals surface area contributed by atoms with E-state index in [9.17, 15) is 4.79 Å². The highest BCUT2D eigenvalue weighted by atomic mass is 16.4. The molecule has 2 aromatic heterocycles. The highest BCUT2D eigenvalue weighted by Gasteiger charge is 2.22. The predicted octanol–water partition coefficient (Wildman–Crippen LogP) is 1.72. The maximum absolute atomic E-state index is 11.5. The summed E-state index contributed by atoms with van der Waals surface area (Å²) in [7, 11) is 0. The van der Waals surface area contributed by atoms with E-state index in [1.807, 2.05) is 4.90 Å². The summed E-state index contributed by atoms with van der Waals surface area (Å²) in [6, 6.07) is 0. The number of hydrogen-bond donors (Lipinski definition) is 0. The van der Waals surface area contributed by atoms with Crippen molar-refractivity contribution < 1.29 is 9.21 Å². The minimum Gasteiger partial charge on any atom is -0.419 e. The van der Waals surface area contributed by atoms with Crippen LogP contribution in [0, 0.1) is 5.92 Å². The number of hydrogen-bond acceptors (Lipinski definition) is 6. The number of rotatable bonds is 4. The molecule has 3 heterocycles. The van der Waals surface area contributed by atoms with Gasteiger partial charge in [-0.15, -0.1) is 10.2 Å². The number of nitrogens with zero attached hydrogens (tertiary/aromatic N) is 5. The molecule has 1 fully saturated rings. The van der Waals surface area contributed by atoms with Gasteiger partial charge in [0.05, 0.1) is 6.20 Å². The van der Waals surface area contributed by atoms with E-state index in [1.54, 1.807) is 25.5 Å². The van der Waals surface area contributed by atoms with E-state index < -0.39 is 0 Å². The molecule has 0 bridgehead atoms. The van der Waals surface area contributed by atoms with E-state index in [0.717, 1.165) is 38.8 Å². The average molecular weight is 301 g/mol. The Hall–Kier alpha value is -2.31. The van der Waals surface area contributed by atoms with Crippen molar-refractivity contribution in [2.45, 2.75) is 32.6 Å². The Kier molecular flexibility index (Phi) is 4.41. The van der Waals surface area contributed by atoms with Gasteiger partial charge in [0, 0.05) is 38.8 Å². The molecule has 116 valence electrons. The summed E-state index contributed by atoms with van der Waals surface area (Å²) in [5.74, 6) is 1.68. The lowest BCUT2D eigenvalue weighted by atomic mass is 9.93. The van der Waals surface area contributed by atoms with Crippen molar-refractivity contribution in [1.82, 2.24) is 25.1 Å². The van der Waals surface area contributed by atoms with Gasteiger partial charge in [0.1, 0.15) is 5.69 Å². The summed E-state index contributed by atoms with van der Waals surface area (Å²) in [5, 5.41) is 8.08. The number of carbonyl (C=O) groups excluding carboxylic acids is 1. The molecule has 1 aliphatic rings. The lowest BCUT2D eigenvalue weighted by Crippen LogP contribution is -2.38. The van der Waals surface area contributed by atoms with Crippen LogP contribution in [0.4, 0.5) is 0 Å². The fourth-order valence-electron chi connectivity index (χ4n) is 2.78. The molecule has 7 nitrogen and oxygen atoms in total. The normalized spacial score (nSPS) is 18.4. The highest BCUT2D eigenvalue weighted by molar-refractivity contribution is 5.73. The number of carbonyl (C=O) groups is 1. The van der Waals surface area contributed by atoms with Crippen LogP contribution in [0.15, 0.2) is 23.0 Å². The number of aryl methyl sites for hydroxylation is 1. The smallest absolute Gasteiger partial charge is 0.267 e. The van der Waals surface area contributed by atoms with E-state index in [-0.39, 0.29) is 5.91 Å². The molecule has 0 N–H and O–H groups in total. The molecule has 0 spiro atoms. The monoisotopic (exact) mass is 301 g/mol. The van der Waals surface area contributed by atoms with Crippen LogP contribution in [0.1, 0.15) is 32.1 Å². The van der Waals surface area contributed by atoms with E-state index in [2.05, 4.69) is 20.2 Å². The molecule has 0 radical (unpaired) electrons. The topological polar surface area (TPSA) is 85.0 Å². The van der Waals surface area contributed by atoms with Crippen LogP contribution in [0.3, 0.4) is 0 Å². The van der Waals surface area contributed by atoms with Crippen LogP contribution in [0.2, 0.25) is 0 Å². The van der Waals surface area contributed by atoms with Gasteiger partial charge < -0.3 is 9.32 Å². The Bertz CT molecular complexity index is 628. The van der Waals surface area contributed by atoms with Crippen LogP contribution in [0.5, 0.6) is 0 Å². The number of aromatic nitrogens is 4. The number of likely N-dealkylation sites (tertiary alicyclic amines) is 1. The first-order valence-corrected chi connectivity index (χ1v) is 7.56. The van der Waals surface area contributed by atoms with Crippen molar-refractivity contribution in [3.8, 4) is 11.6 Å². The lowest BCUT2D eigenvalue weighted by molar-refractivity contribution is -0.130. The molecule has 1 amide bonds. The maximum atomic E-state index is 11.5. The zero-order valence-corrected chi connectivity index (χ0v) is 12.6. The fraction of sp³-hybridized carbons (Fsp3) is 0.533. The SMILES string of the molecule is CC(=O)N1CCCC(CCc2nnc(-c3cnccn3)o2)C1. The van der Waals surface area contributed by atoms with Gasteiger partial charge in [0.15, 0.2) is 0 Å². The molecular weight excluding hydrogens is 282 g/mol. The second-order valence-electron chi connectivity index (χ2n) is 5.60. The summed E-state index contributed by atoms with van der Waals surface area (Å²) in [6.45, 7) is 3.34. The van der Waals surface area contributed by atoms with Gasteiger partial charge in [-0.1, -0.05) is 0 Å². The Morgan fingerprint density at radius 1 is 1.41 bits per heavy atom. The van der Waals surface area contributed by atoms with Crippen LogP contribution >= 0.6 is 0 Å². The zero-order chi connectivity index (χ0) is 15.4. The van der Waals surface area contributed by atoms with Crippen molar-refractivity contribution >= 4 is 5.91 Å². The van der Waals surface area contributed by atoms with Gasteiger partial charge >= 0.3 is 0 Å². The first-order valence-electron chi connectivity index (χ1n) is 7.56. The third-order valence-electron chi connectivity index (χ3n) is 3.98. The predicted molar refractivity (Wildman–Crippen MR) is 78.6 cm³/mol. The third-order valence-corrected chi connectivity index (χ3v) is 3.98. The van der Waals surface area contributed by atoms with Crippen LogP contribution in [-0.4, -0.2) is 44.1 Å². The summed E-state index contributed by atoms with van der Waals surface area (Å²) in [4.78, 5) is 21.5. The number of piperidine rings is 1. The largest absolute Gasteiger partial charge is 0.419 e. The van der Waals surface area contributed by atoms with Gasteiger partial charge in [-0.05, 0) is 25.2 Å². The molecule has 0 saturated carbocycles. The molecule has 7 heteroatoms. The first kappa shape index (κ1) is 14.6. The first-order chi connectivity index (χ1) is 10.7. The molecule has 22 heavy (non-hydrogen) atoms. The highest BCUT2D eigenvalue weighted by Crippen LogP contribution is 2.22. The molecule has 2 aromatic rings. The second kappa shape index (κ2) is 6.64. The van der Waals surface area contributed by atoms with E-state index in [4.69, 9.17) is 4.42 Å². The van der Waals surface area contributed by atoms with Crippen LogP contribution in [0.25, 0.3) is 11.6 Å². The fourth-order valence-corrected chi connectivity index (χ4v) is 2.78. The Morgan fingerprint density at radius 2 is 2.32 bits per heavy atom. The Balaban J connectivity index is 1.56. The summed E-state index contributed by atoms with van der Waals surface area (Å²) >= 11 is 0. The molecule has 3 rings (SSSR count). The molecule has 1 saturated heterocycles. The molecule has 0 aliphatic carbocycles. The second-order valence-corrected chi connectivity index (χ2v) is 5.60. The molecular formula is C15H19N5O2. The van der Waals surface area contributed by atoms with Gasteiger partial charge in [0.2, 0.25) is 11.8 Å². The van der Waals surface area contributed by atoms with Crippen molar-refractivity contribution in [1.29, 1.82) is 0 Å². The summed E-state index contributed by atoms with van der Waals surface area (Å²) in [5.41, 5.74) is 0.585. The molecule has 0 aromatic carbocycles. The number of amides is 1. The van der Waals surface area contributed by atoms with Crippen LogP contribution in [-0.2, 0) is 11.2 Å². The average Bonchev–Trinajstić information content (AvgIpc) is 3.03. The van der Waals surface area contributed by atoms with Crippen molar-refractivity contribution in [3.63, 3.8) is 0 Å². The van der Waals surface area contributed by atoms with E-state index in [1.165, 1.54) is 0 Å². The van der Waals surface area contributed by atoms with Crippen molar-refractivity contribution in [2.24, 2.45) is 5.92 Å². The standard InChI is InChI=1S/C15H19N5O2/c1-11(21)20-8-2-3-12(10-20)4-5-14-18-19-15(22-14)13-9-16-6-7-17-13/h6-7,9,12H,2-5,8,10H2,1H3. The Labute approximate surface area is 128 Å². The minimum atomic E-state index is 0.160. The Morgan fingerprint density at radius 3 is 3.09 bits per heavy atom. The van der Waals surface area contributed by atoms with Gasteiger partial charge in [-0.25, -0.2) is 4.98 Å². The van der Waals surface area contributed by atoms with Crippen molar-refractivity contribution in [3.05, 3.63) is 24.5 Å². The quantitative estimate of drug-likeness (QED) is 0.854. The minimum absolute atomic E-state index is 0.160. The van der Waals surface area contributed by atoms with Crippen LogP contribution < -0.4 is 0 Å². The van der Waals surface area contributed by atoms with Gasteiger partial charge in [0.25, 0.3) is 5.89 Å². The van der Waals surface area contributed by atoms with Crippen molar-refractivity contribution in [2.75, 3.05) is 13.1 Å². The summed E-state index contributed by atoms with van der Waals surface area (Å²) in [6.07, 6.45) is 8.69.